The number of hydrogen-bond acceptors (Lipinski definition) is 2. The highest BCUT2D eigenvalue weighted by Crippen LogP contribution is 2.25. The molecular formula is C8H13O2. The van der Waals surface area contributed by atoms with E-state index in [0.29, 0.717) is 0 Å². The molecule has 0 amide bonds. The summed E-state index contributed by atoms with van der Waals surface area (Å²) in [5, 5.41) is 0. The molecule has 2 nitrogen and oxygen atoms in total. The van der Waals surface area contributed by atoms with Crippen LogP contribution in [0.1, 0.15) is 25.7 Å². The molecule has 0 bridgehead atoms. The van der Waals surface area contributed by atoms with E-state index >= 15 is 0 Å². The third-order valence-corrected chi connectivity index (χ3v) is 1.93. The van der Waals surface area contributed by atoms with Crippen LogP contribution >= 0.6 is 0 Å². The molecule has 1 fully saturated rings. The fourth-order valence-electron chi connectivity index (χ4n) is 1.38. The van der Waals surface area contributed by atoms with Crippen LogP contribution in [0.4, 0.5) is 0 Å². The maximum atomic E-state index is 11.0. The lowest BCUT2D eigenvalue weighted by Crippen LogP contribution is -2.14. The number of rotatable bonds is 2. The topological polar surface area (TPSA) is 26.3 Å². The van der Waals surface area contributed by atoms with Crippen LogP contribution in [0.5, 0.6) is 0 Å². The summed E-state index contributed by atoms with van der Waals surface area (Å²) in [6, 6.07) is 0. The average Bonchev–Trinajstić information content (AvgIpc) is 2.38. The molecule has 0 heterocycles. The van der Waals surface area contributed by atoms with Crippen molar-refractivity contribution in [3.63, 3.8) is 0 Å². The molecule has 0 unspecified atom stereocenters. The van der Waals surface area contributed by atoms with E-state index < -0.39 is 0 Å². The van der Waals surface area contributed by atoms with Gasteiger partial charge < -0.3 is 4.74 Å². The summed E-state index contributed by atoms with van der Waals surface area (Å²) in [7, 11) is 0. The molecule has 1 saturated carbocycles. The van der Waals surface area contributed by atoms with Crippen molar-refractivity contribution in [1.82, 2.24) is 0 Å². The maximum absolute atomic E-state index is 11.0. The normalized spacial score (nSPS) is 19.3. The van der Waals surface area contributed by atoms with Crippen LogP contribution in [0, 0.1) is 12.8 Å². The highest BCUT2D eigenvalue weighted by Gasteiger charge is 2.23. The summed E-state index contributed by atoms with van der Waals surface area (Å²) >= 11 is 0. The van der Waals surface area contributed by atoms with Crippen LogP contribution in [-0.4, -0.2) is 12.6 Å². The second-order valence-electron chi connectivity index (χ2n) is 2.65. The smallest absolute Gasteiger partial charge is 0.308 e. The van der Waals surface area contributed by atoms with E-state index in [1.807, 2.05) is 0 Å². The van der Waals surface area contributed by atoms with Crippen molar-refractivity contribution < 1.29 is 9.53 Å². The summed E-state index contributed by atoms with van der Waals surface area (Å²) in [5.74, 6) is 0.134. The molecule has 2 heteroatoms. The summed E-state index contributed by atoms with van der Waals surface area (Å²) < 4.78 is 4.78. The van der Waals surface area contributed by atoms with Gasteiger partial charge in [0, 0.05) is 0 Å². The Morgan fingerprint density at radius 3 is 2.60 bits per heavy atom. The maximum Gasteiger partial charge on any atom is 0.308 e. The fraction of sp³-hybridized carbons (Fsp3) is 0.750. The summed E-state index contributed by atoms with van der Waals surface area (Å²) in [6.07, 6.45) is 4.38. The monoisotopic (exact) mass is 141 g/mol. The van der Waals surface area contributed by atoms with Crippen LogP contribution in [0.2, 0.25) is 0 Å². The average molecular weight is 141 g/mol. The lowest BCUT2D eigenvalue weighted by molar-refractivity contribution is -0.147. The zero-order valence-corrected chi connectivity index (χ0v) is 6.14. The molecule has 0 aliphatic heterocycles. The largest absolute Gasteiger partial charge is 0.465 e. The molecule has 1 aliphatic carbocycles. The third-order valence-electron chi connectivity index (χ3n) is 1.93. The predicted molar refractivity (Wildman–Crippen MR) is 38.3 cm³/mol. The van der Waals surface area contributed by atoms with Crippen molar-refractivity contribution >= 4 is 5.97 Å². The highest BCUT2D eigenvalue weighted by atomic mass is 16.5. The Morgan fingerprint density at radius 1 is 1.50 bits per heavy atom. The number of ether oxygens (including phenoxy) is 1. The second kappa shape index (κ2) is 3.59. The summed E-state index contributed by atoms with van der Waals surface area (Å²) in [6.45, 7) is 3.73. The molecule has 57 valence electrons. The Balaban J connectivity index is 2.25. The molecule has 1 aliphatic rings. The Bertz CT molecular complexity index is 114. The highest BCUT2D eigenvalue weighted by molar-refractivity contribution is 5.72. The lowest BCUT2D eigenvalue weighted by Gasteiger charge is -2.06. The van der Waals surface area contributed by atoms with E-state index in [0.717, 1.165) is 12.8 Å². The van der Waals surface area contributed by atoms with E-state index in [4.69, 9.17) is 4.74 Å². The van der Waals surface area contributed by atoms with Gasteiger partial charge in [0.2, 0.25) is 0 Å². The van der Waals surface area contributed by atoms with Gasteiger partial charge in [-0.1, -0.05) is 12.8 Å². The number of esters is 1. The van der Waals surface area contributed by atoms with Crippen LogP contribution in [0.15, 0.2) is 0 Å². The Hall–Kier alpha value is -0.530. The lowest BCUT2D eigenvalue weighted by atomic mass is 10.1. The van der Waals surface area contributed by atoms with Crippen LogP contribution in [0.3, 0.4) is 0 Å². The minimum absolute atomic E-state index is 0.0486. The summed E-state index contributed by atoms with van der Waals surface area (Å²) in [5.41, 5.74) is 0. The van der Waals surface area contributed by atoms with Gasteiger partial charge in [-0.3, -0.25) is 4.79 Å². The first kappa shape index (κ1) is 7.58. The molecule has 0 atom stereocenters. The zero-order valence-electron chi connectivity index (χ0n) is 6.14. The molecule has 0 spiro atoms. The Kier molecular flexibility index (Phi) is 2.72. The minimum Gasteiger partial charge on any atom is -0.465 e. The van der Waals surface area contributed by atoms with Crippen molar-refractivity contribution in [2.24, 2.45) is 5.92 Å². The Morgan fingerprint density at radius 2 is 2.10 bits per heavy atom. The van der Waals surface area contributed by atoms with Gasteiger partial charge >= 0.3 is 5.97 Å². The molecule has 0 aromatic rings. The van der Waals surface area contributed by atoms with Crippen molar-refractivity contribution in [2.45, 2.75) is 25.7 Å². The van der Waals surface area contributed by atoms with E-state index in [1.165, 1.54) is 12.8 Å². The number of carbonyl (C=O) groups is 1. The minimum atomic E-state index is -0.0486. The van der Waals surface area contributed by atoms with E-state index in [-0.39, 0.29) is 18.5 Å². The van der Waals surface area contributed by atoms with Gasteiger partial charge in [0.05, 0.1) is 12.5 Å². The van der Waals surface area contributed by atoms with E-state index in [9.17, 15) is 4.79 Å². The SMILES string of the molecule is [CH2]COC(=O)C1CCCC1. The Labute approximate surface area is 61.6 Å². The van der Waals surface area contributed by atoms with Crippen LogP contribution < -0.4 is 0 Å². The standard InChI is InChI=1S/C8H13O2/c1-2-10-8(9)7-5-3-4-6-7/h7H,1-6H2. The molecule has 1 rings (SSSR count). The molecule has 0 aromatic carbocycles. The number of hydrogen-bond donors (Lipinski definition) is 0. The van der Waals surface area contributed by atoms with Gasteiger partial charge in [-0.15, -0.1) is 0 Å². The third kappa shape index (κ3) is 1.72. The van der Waals surface area contributed by atoms with Gasteiger partial charge in [0.15, 0.2) is 0 Å². The van der Waals surface area contributed by atoms with Gasteiger partial charge in [0.25, 0.3) is 0 Å². The van der Waals surface area contributed by atoms with Crippen LogP contribution in [0.25, 0.3) is 0 Å². The summed E-state index contributed by atoms with van der Waals surface area (Å²) in [4.78, 5) is 11.0. The predicted octanol–water partition coefficient (Wildman–Crippen LogP) is 1.55. The molecule has 0 saturated heterocycles. The fourth-order valence-corrected chi connectivity index (χ4v) is 1.38. The van der Waals surface area contributed by atoms with Gasteiger partial charge in [-0.05, 0) is 19.8 Å². The second-order valence-corrected chi connectivity index (χ2v) is 2.65. The van der Waals surface area contributed by atoms with Crippen molar-refractivity contribution in [3.8, 4) is 0 Å². The van der Waals surface area contributed by atoms with Gasteiger partial charge in [-0.25, -0.2) is 0 Å². The first-order valence-electron chi connectivity index (χ1n) is 3.80. The molecule has 10 heavy (non-hydrogen) atoms. The van der Waals surface area contributed by atoms with Crippen molar-refractivity contribution in [1.29, 1.82) is 0 Å². The first-order valence-corrected chi connectivity index (χ1v) is 3.80. The molecular weight excluding hydrogens is 128 g/mol. The first-order chi connectivity index (χ1) is 4.84. The van der Waals surface area contributed by atoms with E-state index in [1.54, 1.807) is 0 Å². The zero-order chi connectivity index (χ0) is 7.40. The van der Waals surface area contributed by atoms with E-state index in [2.05, 4.69) is 6.92 Å². The van der Waals surface area contributed by atoms with Crippen LogP contribution in [-0.2, 0) is 9.53 Å². The molecule has 1 radical (unpaired) electrons. The van der Waals surface area contributed by atoms with Crippen molar-refractivity contribution in [3.05, 3.63) is 6.92 Å². The van der Waals surface area contributed by atoms with Crippen molar-refractivity contribution in [2.75, 3.05) is 6.61 Å². The quantitative estimate of drug-likeness (QED) is 0.545. The molecule has 0 N–H and O–H groups in total. The molecule has 0 aromatic heterocycles. The van der Waals surface area contributed by atoms with Gasteiger partial charge in [-0.2, -0.15) is 0 Å². The number of carbonyl (C=O) groups excluding carboxylic acids is 1. The van der Waals surface area contributed by atoms with Gasteiger partial charge in [0.1, 0.15) is 0 Å².